The first kappa shape index (κ1) is 28.3. The number of benzene rings is 8. The number of hydrogen-bond donors (Lipinski definition) is 0. The van der Waals surface area contributed by atoms with Crippen LogP contribution in [-0.2, 0) is 0 Å². The second-order valence-electron chi connectivity index (χ2n) is 12.3. The third kappa shape index (κ3) is 4.35. The average molecular weight is 622 g/mol. The van der Waals surface area contributed by atoms with E-state index >= 15 is 0 Å². The molecule has 3 nitrogen and oxygen atoms in total. The Balaban J connectivity index is 1.40. The smallest absolute Gasteiger partial charge is 0.101 e. The molecular weight excluding hydrogens is 595 g/mol. The van der Waals surface area contributed by atoms with Crippen molar-refractivity contribution in [3.63, 3.8) is 0 Å². The van der Waals surface area contributed by atoms with Gasteiger partial charge in [0.2, 0.25) is 0 Å². The minimum Gasteiger partial charge on any atom is -0.307 e. The van der Waals surface area contributed by atoms with Crippen LogP contribution in [0.15, 0.2) is 164 Å². The molecule has 226 valence electrons. The van der Waals surface area contributed by atoms with E-state index in [1.807, 2.05) is 42.5 Å². The fourth-order valence-corrected chi connectivity index (χ4v) is 7.65. The molecule has 0 aliphatic heterocycles. The van der Waals surface area contributed by atoms with Gasteiger partial charge < -0.3 is 4.57 Å². The number of rotatable bonds is 4. The van der Waals surface area contributed by atoms with Crippen LogP contribution >= 0.6 is 0 Å². The van der Waals surface area contributed by atoms with Crippen LogP contribution < -0.4 is 0 Å². The average Bonchev–Trinajstić information content (AvgIpc) is 3.50. The lowest BCUT2D eigenvalue weighted by atomic mass is 9.83. The highest BCUT2D eigenvalue weighted by atomic mass is 15.0. The van der Waals surface area contributed by atoms with Crippen molar-refractivity contribution >= 4 is 43.4 Å². The van der Waals surface area contributed by atoms with Crippen molar-refractivity contribution in [2.24, 2.45) is 0 Å². The van der Waals surface area contributed by atoms with Gasteiger partial charge in [0.25, 0.3) is 0 Å². The SMILES string of the molecule is N#Cc1ccc2c(c1)c1ccccc1n2-c1c(C#N)cccc1-c1ccccc1-c1c2ccccc2c(-c2ccccc2)c2ccccc12. The summed E-state index contributed by atoms with van der Waals surface area (Å²) in [6.45, 7) is 0. The molecule has 0 N–H and O–H groups in total. The van der Waals surface area contributed by atoms with Crippen LogP contribution in [0.25, 0.3) is 82.4 Å². The standard InChI is InChI=1S/C46H27N3/c47-28-30-25-26-43-41(27-30)34-17-10-11-24-42(34)49(43)46-32(29-48)15-12-23-40(46)33-16-4-5-18-35(33)45-38-21-8-6-19-36(38)44(31-13-2-1-3-14-31)37-20-7-9-22-39(37)45/h1-27H. The van der Waals surface area contributed by atoms with E-state index in [1.165, 1.54) is 32.7 Å². The molecule has 0 saturated heterocycles. The molecule has 0 aliphatic carbocycles. The monoisotopic (exact) mass is 621 g/mol. The summed E-state index contributed by atoms with van der Waals surface area (Å²) < 4.78 is 2.20. The molecule has 0 atom stereocenters. The summed E-state index contributed by atoms with van der Waals surface area (Å²) in [6.07, 6.45) is 0. The quantitative estimate of drug-likeness (QED) is 0.184. The van der Waals surface area contributed by atoms with E-state index in [0.717, 1.165) is 49.7 Å². The van der Waals surface area contributed by atoms with Crippen LogP contribution in [0.4, 0.5) is 0 Å². The Morgan fingerprint density at radius 3 is 1.61 bits per heavy atom. The summed E-state index contributed by atoms with van der Waals surface area (Å²) in [5.74, 6) is 0. The van der Waals surface area contributed by atoms with Gasteiger partial charge in [0.15, 0.2) is 0 Å². The van der Waals surface area contributed by atoms with Crippen LogP contribution in [0.5, 0.6) is 0 Å². The van der Waals surface area contributed by atoms with Crippen LogP contribution in [-0.4, -0.2) is 4.57 Å². The van der Waals surface area contributed by atoms with Gasteiger partial charge in [-0.1, -0.05) is 133 Å². The highest BCUT2D eigenvalue weighted by Crippen LogP contribution is 2.47. The second-order valence-corrected chi connectivity index (χ2v) is 12.3. The van der Waals surface area contributed by atoms with Gasteiger partial charge in [-0.2, -0.15) is 10.5 Å². The summed E-state index contributed by atoms with van der Waals surface area (Å²) in [4.78, 5) is 0. The zero-order valence-electron chi connectivity index (χ0n) is 26.4. The summed E-state index contributed by atoms with van der Waals surface area (Å²) in [5, 5.41) is 27.1. The van der Waals surface area contributed by atoms with E-state index in [2.05, 4.69) is 138 Å². The lowest BCUT2D eigenvalue weighted by Gasteiger charge is -2.21. The largest absolute Gasteiger partial charge is 0.307 e. The molecule has 0 aliphatic rings. The van der Waals surface area contributed by atoms with Gasteiger partial charge in [0.05, 0.1) is 33.9 Å². The van der Waals surface area contributed by atoms with E-state index in [4.69, 9.17) is 0 Å². The fraction of sp³-hybridized carbons (Fsp3) is 0. The number of nitrogens with zero attached hydrogens (tertiary/aromatic N) is 3. The third-order valence-corrected chi connectivity index (χ3v) is 9.66. The summed E-state index contributed by atoms with van der Waals surface area (Å²) in [6, 6.07) is 61.4. The predicted octanol–water partition coefficient (Wildman–Crippen LogP) is 11.8. The summed E-state index contributed by atoms with van der Waals surface area (Å²) in [5.41, 5.74) is 10.6. The number of fused-ring (bicyclic) bond motifs is 5. The molecule has 0 amide bonds. The van der Waals surface area contributed by atoms with E-state index in [1.54, 1.807) is 0 Å². The van der Waals surface area contributed by atoms with Crippen molar-refractivity contribution in [2.75, 3.05) is 0 Å². The first-order valence-electron chi connectivity index (χ1n) is 16.3. The topological polar surface area (TPSA) is 52.5 Å². The number of nitriles is 2. The molecule has 0 radical (unpaired) electrons. The number of aromatic nitrogens is 1. The van der Waals surface area contributed by atoms with Crippen LogP contribution in [0.3, 0.4) is 0 Å². The van der Waals surface area contributed by atoms with Gasteiger partial charge in [0, 0.05) is 16.3 Å². The number of hydrogen-bond acceptors (Lipinski definition) is 2. The first-order valence-corrected chi connectivity index (χ1v) is 16.3. The Morgan fingerprint density at radius 1 is 0.388 bits per heavy atom. The molecule has 49 heavy (non-hydrogen) atoms. The summed E-state index contributed by atoms with van der Waals surface area (Å²) in [7, 11) is 0. The molecule has 8 aromatic carbocycles. The van der Waals surface area contributed by atoms with Crippen molar-refractivity contribution in [3.05, 3.63) is 175 Å². The maximum Gasteiger partial charge on any atom is 0.101 e. The minimum atomic E-state index is 0.577. The van der Waals surface area contributed by atoms with Gasteiger partial charge in [-0.05, 0) is 79.7 Å². The van der Waals surface area contributed by atoms with Crippen molar-refractivity contribution in [1.82, 2.24) is 4.57 Å². The summed E-state index contributed by atoms with van der Waals surface area (Å²) >= 11 is 0. The normalized spacial score (nSPS) is 11.2. The Labute approximate surface area is 283 Å². The van der Waals surface area contributed by atoms with Gasteiger partial charge in [-0.3, -0.25) is 0 Å². The molecule has 0 unspecified atom stereocenters. The van der Waals surface area contributed by atoms with Crippen molar-refractivity contribution < 1.29 is 0 Å². The molecule has 0 bridgehead atoms. The molecule has 3 heteroatoms. The third-order valence-electron chi connectivity index (χ3n) is 9.66. The van der Waals surface area contributed by atoms with Crippen molar-refractivity contribution in [3.8, 4) is 51.2 Å². The molecule has 0 spiro atoms. The van der Waals surface area contributed by atoms with Crippen molar-refractivity contribution in [1.29, 1.82) is 10.5 Å². The highest BCUT2D eigenvalue weighted by molar-refractivity contribution is 6.22. The van der Waals surface area contributed by atoms with Crippen LogP contribution in [0, 0.1) is 22.7 Å². The Hall–Kier alpha value is -6.94. The van der Waals surface area contributed by atoms with Crippen LogP contribution in [0.1, 0.15) is 11.1 Å². The van der Waals surface area contributed by atoms with Gasteiger partial charge in [-0.15, -0.1) is 0 Å². The lowest BCUT2D eigenvalue weighted by Crippen LogP contribution is -2.02. The van der Waals surface area contributed by atoms with E-state index in [-0.39, 0.29) is 0 Å². The molecule has 1 heterocycles. The Bertz CT molecular complexity index is 2790. The fourth-order valence-electron chi connectivity index (χ4n) is 7.65. The molecule has 0 saturated carbocycles. The predicted molar refractivity (Wildman–Crippen MR) is 202 cm³/mol. The zero-order chi connectivity index (χ0) is 32.9. The Morgan fingerprint density at radius 2 is 0.939 bits per heavy atom. The molecule has 1 aromatic heterocycles. The zero-order valence-corrected chi connectivity index (χ0v) is 26.4. The molecule has 9 aromatic rings. The Kier molecular flexibility index (Phi) is 6.58. The van der Waals surface area contributed by atoms with E-state index in [0.29, 0.717) is 11.1 Å². The van der Waals surface area contributed by atoms with Crippen LogP contribution in [0.2, 0.25) is 0 Å². The molecule has 9 rings (SSSR count). The lowest BCUT2D eigenvalue weighted by molar-refractivity contribution is 1.17. The minimum absolute atomic E-state index is 0.577. The van der Waals surface area contributed by atoms with E-state index < -0.39 is 0 Å². The van der Waals surface area contributed by atoms with Crippen molar-refractivity contribution in [2.45, 2.75) is 0 Å². The number of para-hydroxylation sites is 2. The van der Waals surface area contributed by atoms with Gasteiger partial charge in [-0.25, -0.2) is 0 Å². The maximum atomic E-state index is 10.6. The first-order chi connectivity index (χ1) is 24.3. The maximum absolute atomic E-state index is 10.6. The van der Waals surface area contributed by atoms with Gasteiger partial charge >= 0.3 is 0 Å². The van der Waals surface area contributed by atoms with E-state index in [9.17, 15) is 10.5 Å². The van der Waals surface area contributed by atoms with Gasteiger partial charge in [0.1, 0.15) is 6.07 Å². The highest BCUT2D eigenvalue weighted by Gasteiger charge is 2.23. The molecule has 0 fully saturated rings. The second kappa shape index (κ2) is 11.4. The molecular formula is C46H27N3.